The summed E-state index contributed by atoms with van der Waals surface area (Å²) in [6.45, 7) is 1.07. The van der Waals surface area contributed by atoms with Crippen LogP contribution in [0.4, 0.5) is 0 Å². The highest BCUT2D eigenvalue weighted by atomic mass is 16.5. The zero-order chi connectivity index (χ0) is 20.5. The molecule has 1 fully saturated rings. The number of nitrogens with zero attached hydrogens (tertiary/aromatic N) is 1. The quantitative estimate of drug-likeness (QED) is 0.720. The second-order valence-electron chi connectivity index (χ2n) is 7.48. The minimum atomic E-state index is -0.0120. The minimum absolute atomic E-state index is 0.00528. The standard InChI is InChI=1S/C23H29N3O3/c1-29-21-11-5-17(6-12-21)13-15-25-22(27)18-7-9-19(10-8-18)23(28)26-16-20-4-2-3-14-24-20/h2-6,11-12,14,18-19H,7-10,13,15-16H2,1H3,(H,25,27)(H,26,28). The fourth-order valence-corrected chi connectivity index (χ4v) is 3.71. The van der Waals surface area contributed by atoms with Crippen molar-refractivity contribution in [1.82, 2.24) is 15.6 Å². The molecule has 1 aliphatic carbocycles. The van der Waals surface area contributed by atoms with Crippen molar-refractivity contribution in [1.29, 1.82) is 0 Å². The van der Waals surface area contributed by atoms with Crippen molar-refractivity contribution in [2.75, 3.05) is 13.7 Å². The van der Waals surface area contributed by atoms with E-state index in [1.807, 2.05) is 42.5 Å². The van der Waals surface area contributed by atoms with Crippen LogP contribution in [0.2, 0.25) is 0 Å². The molecule has 1 aromatic heterocycles. The fourth-order valence-electron chi connectivity index (χ4n) is 3.71. The molecule has 0 bridgehead atoms. The van der Waals surface area contributed by atoms with E-state index in [2.05, 4.69) is 15.6 Å². The maximum absolute atomic E-state index is 12.4. The molecule has 0 spiro atoms. The maximum Gasteiger partial charge on any atom is 0.223 e. The number of nitrogens with one attached hydrogen (secondary N) is 2. The average molecular weight is 396 g/mol. The summed E-state index contributed by atoms with van der Waals surface area (Å²) in [5.74, 6) is 0.992. The second-order valence-corrected chi connectivity index (χ2v) is 7.48. The van der Waals surface area contributed by atoms with Gasteiger partial charge in [-0.3, -0.25) is 14.6 Å². The highest BCUT2D eigenvalue weighted by Gasteiger charge is 2.29. The molecule has 1 aromatic carbocycles. The molecular weight excluding hydrogens is 366 g/mol. The number of hydrogen-bond donors (Lipinski definition) is 2. The molecule has 6 heteroatoms. The van der Waals surface area contributed by atoms with Crippen LogP contribution in [-0.4, -0.2) is 30.5 Å². The van der Waals surface area contributed by atoms with Crippen LogP contribution >= 0.6 is 0 Å². The molecule has 29 heavy (non-hydrogen) atoms. The van der Waals surface area contributed by atoms with Crippen LogP contribution in [0.3, 0.4) is 0 Å². The number of pyridine rings is 1. The predicted molar refractivity (Wildman–Crippen MR) is 111 cm³/mol. The van der Waals surface area contributed by atoms with Crippen LogP contribution in [0.25, 0.3) is 0 Å². The van der Waals surface area contributed by atoms with Gasteiger partial charge in [0.2, 0.25) is 11.8 Å². The Hall–Kier alpha value is -2.89. The van der Waals surface area contributed by atoms with E-state index in [-0.39, 0.29) is 23.7 Å². The first-order chi connectivity index (χ1) is 14.2. The first-order valence-corrected chi connectivity index (χ1v) is 10.2. The van der Waals surface area contributed by atoms with E-state index in [1.165, 1.54) is 5.56 Å². The van der Waals surface area contributed by atoms with E-state index in [0.717, 1.165) is 43.5 Å². The van der Waals surface area contributed by atoms with Crippen molar-refractivity contribution in [2.24, 2.45) is 11.8 Å². The molecule has 2 aromatic rings. The van der Waals surface area contributed by atoms with Crippen LogP contribution in [-0.2, 0) is 22.6 Å². The lowest BCUT2D eigenvalue weighted by molar-refractivity contribution is -0.130. The number of carbonyl (C=O) groups is 2. The molecule has 1 heterocycles. The zero-order valence-corrected chi connectivity index (χ0v) is 16.9. The SMILES string of the molecule is COc1ccc(CCNC(=O)C2CCC(C(=O)NCc3ccccn3)CC2)cc1. The number of amides is 2. The Balaban J connectivity index is 1.34. The monoisotopic (exact) mass is 395 g/mol. The van der Waals surface area contributed by atoms with E-state index < -0.39 is 0 Å². The van der Waals surface area contributed by atoms with Crippen LogP contribution in [0.5, 0.6) is 5.75 Å². The third-order valence-electron chi connectivity index (χ3n) is 5.51. The van der Waals surface area contributed by atoms with Crippen molar-refractivity contribution < 1.29 is 14.3 Å². The van der Waals surface area contributed by atoms with Gasteiger partial charge in [0, 0.05) is 24.6 Å². The lowest BCUT2D eigenvalue weighted by Gasteiger charge is -2.27. The van der Waals surface area contributed by atoms with Gasteiger partial charge in [-0.25, -0.2) is 0 Å². The molecular formula is C23H29N3O3. The number of carbonyl (C=O) groups excluding carboxylic acids is 2. The molecule has 0 radical (unpaired) electrons. The summed E-state index contributed by atoms with van der Waals surface area (Å²) in [6, 6.07) is 13.5. The first-order valence-electron chi connectivity index (χ1n) is 10.2. The Bertz CT molecular complexity index is 785. The van der Waals surface area contributed by atoms with Crippen molar-refractivity contribution in [3.63, 3.8) is 0 Å². The molecule has 1 aliphatic rings. The lowest BCUT2D eigenvalue weighted by atomic mass is 9.81. The van der Waals surface area contributed by atoms with Crippen molar-refractivity contribution in [3.8, 4) is 5.75 Å². The Morgan fingerprint density at radius 1 is 0.966 bits per heavy atom. The molecule has 154 valence electrons. The van der Waals surface area contributed by atoms with Gasteiger partial charge in [-0.05, 0) is 61.9 Å². The highest BCUT2D eigenvalue weighted by Crippen LogP contribution is 2.29. The predicted octanol–water partition coefficient (Wildman–Crippen LogP) is 2.87. The lowest BCUT2D eigenvalue weighted by Crippen LogP contribution is -2.38. The smallest absolute Gasteiger partial charge is 0.223 e. The first kappa shape index (κ1) is 20.8. The number of aromatic nitrogens is 1. The molecule has 2 amide bonds. The second kappa shape index (κ2) is 10.6. The van der Waals surface area contributed by atoms with E-state index in [4.69, 9.17) is 4.74 Å². The molecule has 3 rings (SSSR count). The van der Waals surface area contributed by atoms with E-state index in [0.29, 0.717) is 13.1 Å². The van der Waals surface area contributed by atoms with Crippen LogP contribution < -0.4 is 15.4 Å². The summed E-state index contributed by atoms with van der Waals surface area (Å²) in [5.41, 5.74) is 2.02. The van der Waals surface area contributed by atoms with Crippen LogP contribution in [0.1, 0.15) is 36.9 Å². The summed E-state index contributed by atoms with van der Waals surface area (Å²) in [6.07, 6.45) is 5.54. The molecule has 0 saturated heterocycles. The summed E-state index contributed by atoms with van der Waals surface area (Å²) < 4.78 is 5.15. The third-order valence-corrected chi connectivity index (χ3v) is 5.51. The van der Waals surface area contributed by atoms with Gasteiger partial charge in [-0.15, -0.1) is 0 Å². The van der Waals surface area contributed by atoms with Gasteiger partial charge in [0.25, 0.3) is 0 Å². The Kier molecular flexibility index (Phi) is 7.61. The van der Waals surface area contributed by atoms with Crippen molar-refractivity contribution >= 4 is 11.8 Å². The van der Waals surface area contributed by atoms with Gasteiger partial charge in [-0.2, -0.15) is 0 Å². The Morgan fingerprint density at radius 2 is 1.62 bits per heavy atom. The minimum Gasteiger partial charge on any atom is -0.497 e. The molecule has 0 unspecified atom stereocenters. The fraction of sp³-hybridized carbons (Fsp3) is 0.435. The van der Waals surface area contributed by atoms with Gasteiger partial charge < -0.3 is 15.4 Å². The van der Waals surface area contributed by atoms with E-state index >= 15 is 0 Å². The molecule has 1 saturated carbocycles. The van der Waals surface area contributed by atoms with Gasteiger partial charge >= 0.3 is 0 Å². The van der Waals surface area contributed by atoms with E-state index in [1.54, 1.807) is 13.3 Å². The number of rotatable bonds is 8. The average Bonchev–Trinajstić information content (AvgIpc) is 2.78. The summed E-state index contributed by atoms with van der Waals surface area (Å²) in [4.78, 5) is 29.0. The van der Waals surface area contributed by atoms with Crippen molar-refractivity contribution in [3.05, 3.63) is 59.9 Å². The van der Waals surface area contributed by atoms with Gasteiger partial charge in [-0.1, -0.05) is 18.2 Å². The molecule has 2 N–H and O–H groups in total. The Labute approximate surface area is 172 Å². The van der Waals surface area contributed by atoms with Gasteiger partial charge in [0.05, 0.1) is 19.3 Å². The van der Waals surface area contributed by atoms with Gasteiger partial charge in [0.1, 0.15) is 5.75 Å². The zero-order valence-electron chi connectivity index (χ0n) is 16.9. The van der Waals surface area contributed by atoms with Crippen molar-refractivity contribution in [2.45, 2.75) is 38.6 Å². The molecule has 6 nitrogen and oxygen atoms in total. The summed E-state index contributed by atoms with van der Waals surface area (Å²) in [7, 11) is 1.65. The summed E-state index contributed by atoms with van der Waals surface area (Å²) in [5, 5.41) is 6.00. The number of methoxy groups -OCH3 is 1. The normalized spacial score (nSPS) is 18.7. The molecule has 0 aliphatic heterocycles. The molecule has 0 atom stereocenters. The van der Waals surface area contributed by atoms with E-state index in [9.17, 15) is 9.59 Å². The topological polar surface area (TPSA) is 80.3 Å². The third kappa shape index (κ3) is 6.31. The number of hydrogen-bond acceptors (Lipinski definition) is 4. The van der Waals surface area contributed by atoms with Gasteiger partial charge in [0.15, 0.2) is 0 Å². The van der Waals surface area contributed by atoms with Crippen LogP contribution in [0, 0.1) is 11.8 Å². The number of benzene rings is 1. The Morgan fingerprint density at radius 3 is 2.21 bits per heavy atom. The highest BCUT2D eigenvalue weighted by molar-refractivity contribution is 5.81. The number of ether oxygens (including phenoxy) is 1. The van der Waals surface area contributed by atoms with Crippen LogP contribution in [0.15, 0.2) is 48.7 Å². The largest absolute Gasteiger partial charge is 0.497 e. The maximum atomic E-state index is 12.4. The summed E-state index contributed by atoms with van der Waals surface area (Å²) >= 11 is 0.